The van der Waals surface area contributed by atoms with Crippen LogP contribution in [0.1, 0.15) is 56.7 Å². The van der Waals surface area contributed by atoms with Crippen molar-refractivity contribution in [2.24, 2.45) is 0 Å². The summed E-state index contributed by atoms with van der Waals surface area (Å²) in [5.41, 5.74) is 5.15. The highest BCUT2D eigenvalue weighted by Gasteiger charge is 2.22. The van der Waals surface area contributed by atoms with Crippen molar-refractivity contribution in [3.63, 3.8) is 0 Å². The highest BCUT2D eigenvalue weighted by atomic mass is 16.2. The summed E-state index contributed by atoms with van der Waals surface area (Å²) in [5, 5.41) is 0. The van der Waals surface area contributed by atoms with Gasteiger partial charge in [0.25, 0.3) is 0 Å². The van der Waals surface area contributed by atoms with Crippen LogP contribution < -0.4 is 9.80 Å². The van der Waals surface area contributed by atoms with Crippen LogP contribution in [-0.4, -0.2) is 24.9 Å². The average molecular weight is 381 g/mol. The first kappa shape index (κ1) is 21.7. The molecule has 4 heteroatoms. The summed E-state index contributed by atoms with van der Waals surface area (Å²) in [7, 11) is 0. The van der Waals surface area contributed by atoms with Gasteiger partial charge in [0, 0.05) is 37.8 Å². The zero-order valence-electron chi connectivity index (χ0n) is 18.0. The van der Waals surface area contributed by atoms with E-state index in [1.165, 1.54) is 0 Å². The number of carbonyl (C=O) groups is 2. The summed E-state index contributed by atoms with van der Waals surface area (Å²) in [4.78, 5) is 28.9. The molecule has 0 heterocycles. The van der Waals surface area contributed by atoms with Gasteiger partial charge in [-0.3, -0.25) is 9.59 Å². The number of hydrogen-bond donors (Lipinski definition) is 0. The first-order chi connectivity index (χ1) is 13.3. The maximum absolute atomic E-state index is 12.9. The van der Waals surface area contributed by atoms with Crippen LogP contribution in [0.5, 0.6) is 0 Å². The van der Waals surface area contributed by atoms with E-state index in [2.05, 4.69) is 19.9 Å². The third-order valence-corrected chi connectivity index (χ3v) is 5.02. The second kappa shape index (κ2) is 9.54. The van der Waals surface area contributed by atoms with Gasteiger partial charge < -0.3 is 9.80 Å². The lowest BCUT2D eigenvalue weighted by Gasteiger charge is -2.28. The minimum Gasteiger partial charge on any atom is -0.313 e. The smallest absolute Gasteiger partial charge is 0.228 e. The zero-order chi connectivity index (χ0) is 20.8. The molecule has 0 saturated carbocycles. The van der Waals surface area contributed by atoms with E-state index in [9.17, 15) is 9.59 Å². The lowest BCUT2D eigenvalue weighted by molar-refractivity contribution is -0.118. The van der Waals surface area contributed by atoms with Crippen LogP contribution in [0.25, 0.3) is 0 Å². The number of nitrogens with zero attached hydrogens (tertiary/aromatic N) is 2. The lowest BCUT2D eigenvalue weighted by Crippen LogP contribution is -2.37. The molecule has 0 bridgehead atoms. The summed E-state index contributed by atoms with van der Waals surface area (Å²) < 4.78 is 0. The summed E-state index contributed by atoms with van der Waals surface area (Å²) in [6.07, 6.45) is 0.285. The summed E-state index contributed by atoms with van der Waals surface area (Å²) in [6, 6.07) is 14.1. The van der Waals surface area contributed by atoms with Crippen molar-refractivity contribution in [2.45, 2.75) is 53.9 Å². The van der Waals surface area contributed by atoms with Crippen molar-refractivity contribution in [3.05, 3.63) is 59.2 Å². The molecular formula is C24H32N2O2. The lowest BCUT2D eigenvalue weighted by atomic mass is 9.97. The molecule has 28 heavy (non-hydrogen) atoms. The van der Waals surface area contributed by atoms with Crippen LogP contribution in [0.3, 0.4) is 0 Å². The molecule has 0 aliphatic heterocycles. The standard InChI is InChI=1S/C24H32N2O2/c1-7-25(21-12-8-10-18(4)16-21)23(28)14-15-26(20(6)27)24-19(5)11-9-13-22(24)17(2)3/h8-13,16-17H,7,14-15H2,1-6H3. The highest BCUT2D eigenvalue weighted by Crippen LogP contribution is 2.31. The molecule has 4 nitrogen and oxygen atoms in total. The normalized spacial score (nSPS) is 10.8. The Morgan fingerprint density at radius 2 is 1.68 bits per heavy atom. The molecule has 0 unspecified atom stereocenters. The molecule has 150 valence electrons. The predicted molar refractivity (Wildman–Crippen MR) is 117 cm³/mol. The van der Waals surface area contributed by atoms with Crippen molar-refractivity contribution >= 4 is 23.2 Å². The van der Waals surface area contributed by atoms with E-state index in [0.717, 1.165) is 28.1 Å². The van der Waals surface area contributed by atoms with Crippen molar-refractivity contribution in [1.82, 2.24) is 0 Å². The topological polar surface area (TPSA) is 40.6 Å². The Hall–Kier alpha value is -2.62. The molecule has 0 aliphatic rings. The van der Waals surface area contributed by atoms with Crippen molar-refractivity contribution in [2.75, 3.05) is 22.9 Å². The van der Waals surface area contributed by atoms with E-state index in [1.807, 2.05) is 57.2 Å². The van der Waals surface area contributed by atoms with Crippen LogP contribution >= 0.6 is 0 Å². The molecule has 0 atom stereocenters. The molecule has 2 aromatic carbocycles. The SMILES string of the molecule is CCN(C(=O)CCN(C(C)=O)c1c(C)cccc1C(C)C)c1cccc(C)c1. The summed E-state index contributed by atoms with van der Waals surface area (Å²) >= 11 is 0. The van der Waals surface area contributed by atoms with Crippen molar-refractivity contribution in [1.29, 1.82) is 0 Å². The zero-order valence-corrected chi connectivity index (χ0v) is 18.0. The number of hydrogen-bond acceptors (Lipinski definition) is 2. The summed E-state index contributed by atoms with van der Waals surface area (Å²) in [6.45, 7) is 12.8. The molecule has 2 rings (SSSR count). The highest BCUT2D eigenvalue weighted by molar-refractivity contribution is 5.97. The van der Waals surface area contributed by atoms with Gasteiger partial charge in [-0.2, -0.15) is 0 Å². The molecule has 0 aromatic heterocycles. The fourth-order valence-corrected chi connectivity index (χ4v) is 3.58. The molecule has 0 radical (unpaired) electrons. The van der Waals surface area contributed by atoms with Gasteiger partial charge in [0.2, 0.25) is 11.8 Å². The van der Waals surface area contributed by atoms with Gasteiger partial charge in [-0.25, -0.2) is 0 Å². The number of aryl methyl sites for hydroxylation is 2. The van der Waals surface area contributed by atoms with Crippen molar-refractivity contribution in [3.8, 4) is 0 Å². The maximum Gasteiger partial charge on any atom is 0.228 e. The first-order valence-corrected chi connectivity index (χ1v) is 10.0. The number of amides is 2. The average Bonchev–Trinajstić information content (AvgIpc) is 2.63. The Bertz CT molecular complexity index is 842. The maximum atomic E-state index is 12.9. The van der Waals surface area contributed by atoms with E-state index < -0.39 is 0 Å². The molecule has 0 N–H and O–H groups in total. The molecule has 0 saturated heterocycles. The fraction of sp³-hybridized carbons (Fsp3) is 0.417. The van der Waals surface area contributed by atoms with Gasteiger partial charge in [-0.15, -0.1) is 0 Å². The predicted octanol–water partition coefficient (Wildman–Crippen LogP) is 5.22. The van der Waals surface area contributed by atoms with Gasteiger partial charge >= 0.3 is 0 Å². The van der Waals surface area contributed by atoms with Gasteiger partial charge in [0.15, 0.2) is 0 Å². The van der Waals surface area contributed by atoms with Gasteiger partial charge in [0.1, 0.15) is 0 Å². The van der Waals surface area contributed by atoms with Crippen LogP contribution in [0.15, 0.2) is 42.5 Å². The van der Waals surface area contributed by atoms with Crippen LogP contribution in [0, 0.1) is 13.8 Å². The quantitative estimate of drug-likeness (QED) is 0.660. The van der Waals surface area contributed by atoms with Crippen LogP contribution in [0.4, 0.5) is 11.4 Å². The molecular weight excluding hydrogens is 348 g/mol. The number of benzene rings is 2. The third-order valence-electron chi connectivity index (χ3n) is 5.02. The van der Waals surface area contributed by atoms with E-state index in [1.54, 1.807) is 16.7 Å². The largest absolute Gasteiger partial charge is 0.313 e. The van der Waals surface area contributed by atoms with Gasteiger partial charge in [-0.1, -0.05) is 44.2 Å². The Kier molecular flexibility index (Phi) is 7.38. The molecule has 0 spiro atoms. The second-order valence-corrected chi connectivity index (χ2v) is 7.57. The second-order valence-electron chi connectivity index (χ2n) is 7.57. The number of anilines is 2. The third kappa shape index (κ3) is 5.00. The molecule has 0 fully saturated rings. The Morgan fingerprint density at radius 1 is 1.00 bits per heavy atom. The van der Waals surface area contributed by atoms with Crippen LogP contribution in [0.2, 0.25) is 0 Å². The fourth-order valence-electron chi connectivity index (χ4n) is 3.58. The van der Waals surface area contributed by atoms with E-state index in [0.29, 0.717) is 19.0 Å². The van der Waals surface area contributed by atoms with E-state index in [-0.39, 0.29) is 18.2 Å². The monoisotopic (exact) mass is 380 g/mol. The molecule has 2 aromatic rings. The Morgan fingerprint density at radius 3 is 2.25 bits per heavy atom. The van der Waals surface area contributed by atoms with Crippen molar-refractivity contribution < 1.29 is 9.59 Å². The van der Waals surface area contributed by atoms with E-state index >= 15 is 0 Å². The van der Waals surface area contributed by atoms with E-state index in [4.69, 9.17) is 0 Å². The first-order valence-electron chi connectivity index (χ1n) is 10.0. The summed E-state index contributed by atoms with van der Waals surface area (Å²) in [5.74, 6) is 0.286. The Balaban J connectivity index is 2.25. The minimum atomic E-state index is -0.0393. The van der Waals surface area contributed by atoms with Gasteiger partial charge in [0.05, 0.1) is 0 Å². The molecule has 2 amide bonds. The van der Waals surface area contributed by atoms with Crippen LogP contribution in [-0.2, 0) is 9.59 Å². The number of para-hydroxylation sites is 1. The minimum absolute atomic E-state index is 0.0269. The molecule has 0 aliphatic carbocycles. The van der Waals surface area contributed by atoms with Gasteiger partial charge in [-0.05, 0) is 55.5 Å². The number of rotatable bonds is 7. The number of carbonyl (C=O) groups excluding carboxylic acids is 2. The Labute approximate surface area is 169 Å².